The lowest BCUT2D eigenvalue weighted by Gasteiger charge is -2.34. The van der Waals surface area contributed by atoms with Crippen LogP contribution in [0.25, 0.3) is 0 Å². The molecule has 1 aromatic rings. The summed E-state index contributed by atoms with van der Waals surface area (Å²) < 4.78 is 0. The van der Waals surface area contributed by atoms with Gasteiger partial charge in [-0.05, 0) is 30.0 Å². The minimum Gasteiger partial charge on any atom is -0.353 e. The minimum absolute atomic E-state index is 0.00216. The molecule has 1 aromatic carbocycles. The van der Waals surface area contributed by atoms with Crippen molar-refractivity contribution in [3.05, 3.63) is 34.9 Å². The zero-order valence-corrected chi connectivity index (χ0v) is 11.8. The normalized spacial score (nSPS) is 20.4. The second kappa shape index (κ2) is 6.17. The zero-order chi connectivity index (χ0) is 13.8. The predicted octanol–water partition coefficient (Wildman–Crippen LogP) is 1.16. The maximum absolute atomic E-state index is 11.8. The highest BCUT2D eigenvalue weighted by atomic mass is 16.2. The smallest absolute Gasteiger partial charge is 0.237 e. The third-order valence-electron chi connectivity index (χ3n) is 3.84. The standard InChI is InChI=1S/C15H23N3O/c1-3-14-15(19)17-6-7-18(14)10-13-5-4-12(9-16)8-11(13)2/h4-5,8,14H,3,6-7,9-10,16H2,1-2H3,(H,17,19). The summed E-state index contributed by atoms with van der Waals surface area (Å²) in [7, 11) is 0. The van der Waals surface area contributed by atoms with Gasteiger partial charge in [0.05, 0.1) is 6.04 Å². The molecule has 4 heteroatoms. The van der Waals surface area contributed by atoms with Crippen molar-refractivity contribution in [2.45, 2.75) is 39.4 Å². The molecule has 4 nitrogen and oxygen atoms in total. The summed E-state index contributed by atoms with van der Waals surface area (Å²) in [4.78, 5) is 14.1. The fourth-order valence-electron chi connectivity index (χ4n) is 2.68. The molecule has 1 aliphatic rings. The molecule has 0 radical (unpaired) electrons. The van der Waals surface area contributed by atoms with Gasteiger partial charge >= 0.3 is 0 Å². The molecule has 1 unspecified atom stereocenters. The summed E-state index contributed by atoms with van der Waals surface area (Å²) in [6.45, 7) is 7.25. The van der Waals surface area contributed by atoms with E-state index in [0.29, 0.717) is 6.54 Å². The van der Waals surface area contributed by atoms with Gasteiger partial charge in [0, 0.05) is 26.2 Å². The van der Waals surface area contributed by atoms with Crippen LogP contribution in [-0.2, 0) is 17.9 Å². The van der Waals surface area contributed by atoms with Crippen LogP contribution >= 0.6 is 0 Å². The Bertz CT molecular complexity index is 459. The van der Waals surface area contributed by atoms with Crippen molar-refractivity contribution < 1.29 is 4.79 Å². The molecule has 0 bridgehead atoms. The van der Waals surface area contributed by atoms with Gasteiger partial charge in [-0.2, -0.15) is 0 Å². The van der Waals surface area contributed by atoms with E-state index in [2.05, 4.69) is 42.3 Å². The van der Waals surface area contributed by atoms with Crippen LogP contribution in [0.15, 0.2) is 18.2 Å². The number of nitrogens with one attached hydrogen (secondary N) is 1. The fraction of sp³-hybridized carbons (Fsp3) is 0.533. The predicted molar refractivity (Wildman–Crippen MR) is 76.6 cm³/mol. The molecule has 1 amide bonds. The van der Waals surface area contributed by atoms with E-state index in [-0.39, 0.29) is 11.9 Å². The first-order chi connectivity index (χ1) is 9.15. The molecule has 19 heavy (non-hydrogen) atoms. The van der Waals surface area contributed by atoms with Gasteiger partial charge < -0.3 is 11.1 Å². The molecule has 1 atom stereocenters. The minimum atomic E-state index is 0.00216. The second-order valence-electron chi connectivity index (χ2n) is 5.15. The van der Waals surface area contributed by atoms with E-state index >= 15 is 0 Å². The molecule has 0 saturated carbocycles. The number of amides is 1. The number of benzene rings is 1. The summed E-state index contributed by atoms with van der Waals surface area (Å²) in [5.41, 5.74) is 9.34. The van der Waals surface area contributed by atoms with Crippen molar-refractivity contribution in [1.82, 2.24) is 10.2 Å². The molecular weight excluding hydrogens is 238 g/mol. The monoisotopic (exact) mass is 261 g/mol. The molecular formula is C15H23N3O. The molecule has 1 aliphatic heterocycles. The van der Waals surface area contributed by atoms with Gasteiger partial charge in [-0.15, -0.1) is 0 Å². The summed E-state index contributed by atoms with van der Waals surface area (Å²) in [5, 5.41) is 2.93. The van der Waals surface area contributed by atoms with Crippen LogP contribution in [0.5, 0.6) is 0 Å². The van der Waals surface area contributed by atoms with Crippen molar-refractivity contribution in [3.63, 3.8) is 0 Å². The number of piperazine rings is 1. The Hall–Kier alpha value is -1.39. The van der Waals surface area contributed by atoms with Gasteiger partial charge in [-0.25, -0.2) is 0 Å². The van der Waals surface area contributed by atoms with E-state index in [9.17, 15) is 4.79 Å². The van der Waals surface area contributed by atoms with Crippen molar-refractivity contribution in [3.8, 4) is 0 Å². The van der Waals surface area contributed by atoms with Gasteiger partial charge in [0.15, 0.2) is 0 Å². The average molecular weight is 261 g/mol. The number of rotatable bonds is 4. The number of carbonyl (C=O) groups excluding carboxylic acids is 1. The van der Waals surface area contributed by atoms with Crippen LogP contribution in [0, 0.1) is 6.92 Å². The topological polar surface area (TPSA) is 58.4 Å². The van der Waals surface area contributed by atoms with Crippen molar-refractivity contribution in [2.75, 3.05) is 13.1 Å². The van der Waals surface area contributed by atoms with E-state index in [1.165, 1.54) is 11.1 Å². The highest BCUT2D eigenvalue weighted by Crippen LogP contribution is 2.17. The number of aryl methyl sites for hydroxylation is 1. The molecule has 3 N–H and O–H groups in total. The van der Waals surface area contributed by atoms with E-state index in [1.807, 2.05) is 0 Å². The Morgan fingerprint density at radius 2 is 2.26 bits per heavy atom. The molecule has 0 aliphatic carbocycles. The lowest BCUT2D eigenvalue weighted by atomic mass is 10.0. The fourth-order valence-corrected chi connectivity index (χ4v) is 2.68. The maximum Gasteiger partial charge on any atom is 0.237 e. The Balaban J connectivity index is 2.13. The van der Waals surface area contributed by atoms with E-state index in [1.54, 1.807) is 0 Å². The summed E-state index contributed by atoms with van der Waals surface area (Å²) in [6, 6.07) is 6.35. The van der Waals surface area contributed by atoms with Crippen LogP contribution in [0.3, 0.4) is 0 Å². The molecule has 1 fully saturated rings. The lowest BCUT2D eigenvalue weighted by molar-refractivity contribution is -0.129. The Kier molecular flexibility index (Phi) is 4.56. The Labute approximate surface area is 115 Å². The summed E-state index contributed by atoms with van der Waals surface area (Å²) >= 11 is 0. The molecule has 0 spiro atoms. The number of hydrogen-bond donors (Lipinski definition) is 2. The lowest BCUT2D eigenvalue weighted by Crippen LogP contribution is -2.54. The first-order valence-electron chi connectivity index (χ1n) is 6.96. The largest absolute Gasteiger partial charge is 0.353 e. The molecule has 2 rings (SSSR count). The van der Waals surface area contributed by atoms with Gasteiger partial charge in [0.2, 0.25) is 5.91 Å². The Morgan fingerprint density at radius 3 is 2.89 bits per heavy atom. The van der Waals surface area contributed by atoms with Gasteiger partial charge in [-0.3, -0.25) is 9.69 Å². The first-order valence-corrected chi connectivity index (χ1v) is 6.96. The summed E-state index contributed by atoms with van der Waals surface area (Å²) in [6.07, 6.45) is 0.853. The highest BCUT2D eigenvalue weighted by molar-refractivity contribution is 5.82. The molecule has 0 aromatic heterocycles. The molecule has 104 valence electrons. The number of nitrogens with two attached hydrogens (primary N) is 1. The third-order valence-corrected chi connectivity index (χ3v) is 3.84. The van der Waals surface area contributed by atoms with E-state index < -0.39 is 0 Å². The first kappa shape index (κ1) is 14.0. The number of nitrogens with zero attached hydrogens (tertiary/aromatic N) is 1. The van der Waals surface area contributed by atoms with Crippen molar-refractivity contribution in [1.29, 1.82) is 0 Å². The van der Waals surface area contributed by atoms with Crippen LogP contribution in [-0.4, -0.2) is 29.9 Å². The molecule has 1 saturated heterocycles. The summed E-state index contributed by atoms with van der Waals surface area (Å²) in [5.74, 6) is 0.157. The Morgan fingerprint density at radius 1 is 1.47 bits per heavy atom. The molecule has 1 heterocycles. The second-order valence-corrected chi connectivity index (χ2v) is 5.15. The van der Waals surface area contributed by atoms with Crippen LogP contribution < -0.4 is 11.1 Å². The van der Waals surface area contributed by atoms with Crippen molar-refractivity contribution in [2.24, 2.45) is 5.73 Å². The van der Waals surface area contributed by atoms with Crippen LogP contribution in [0.4, 0.5) is 0 Å². The van der Waals surface area contributed by atoms with Crippen molar-refractivity contribution >= 4 is 5.91 Å². The average Bonchev–Trinajstić information content (AvgIpc) is 2.41. The van der Waals surface area contributed by atoms with Gasteiger partial charge in [0.1, 0.15) is 0 Å². The SMILES string of the molecule is CCC1C(=O)NCCN1Cc1ccc(CN)cc1C. The maximum atomic E-state index is 11.8. The third kappa shape index (κ3) is 3.14. The van der Waals surface area contributed by atoms with Crippen LogP contribution in [0.2, 0.25) is 0 Å². The van der Waals surface area contributed by atoms with E-state index in [4.69, 9.17) is 5.73 Å². The van der Waals surface area contributed by atoms with Gasteiger partial charge in [0.25, 0.3) is 0 Å². The van der Waals surface area contributed by atoms with Crippen LogP contribution in [0.1, 0.15) is 30.0 Å². The zero-order valence-electron chi connectivity index (χ0n) is 11.8. The van der Waals surface area contributed by atoms with Gasteiger partial charge in [-0.1, -0.05) is 25.1 Å². The quantitative estimate of drug-likeness (QED) is 0.855. The number of carbonyl (C=O) groups is 1. The van der Waals surface area contributed by atoms with E-state index in [0.717, 1.165) is 31.6 Å². The number of hydrogen-bond acceptors (Lipinski definition) is 3. The highest BCUT2D eigenvalue weighted by Gasteiger charge is 2.27.